The quantitative estimate of drug-likeness (QED) is 0.493. The molecule has 2 aromatic carbocycles. The van der Waals surface area contributed by atoms with Crippen molar-refractivity contribution in [3.63, 3.8) is 0 Å². The minimum atomic E-state index is -0.391. The summed E-state index contributed by atoms with van der Waals surface area (Å²) in [6.07, 6.45) is 5.51. The minimum absolute atomic E-state index is 0.196. The maximum Gasteiger partial charge on any atom is 0.494 e. The van der Waals surface area contributed by atoms with Crippen molar-refractivity contribution in [1.82, 2.24) is 14.8 Å². The van der Waals surface area contributed by atoms with Crippen LogP contribution in [0.25, 0.3) is 11.4 Å². The zero-order valence-electron chi connectivity index (χ0n) is 23.0. The van der Waals surface area contributed by atoms with E-state index in [1.165, 1.54) is 25.7 Å². The van der Waals surface area contributed by atoms with E-state index in [-0.39, 0.29) is 22.5 Å². The number of amides is 1. The molecule has 8 nitrogen and oxygen atoms in total. The first-order valence-corrected chi connectivity index (χ1v) is 13.6. The number of hydrogen-bond donors (Lipinski definition) is 1. The molecule has 0 unspecified atom stereocenters. The fourth-order valence-corrected chi connectivity index (χ4v) is 5.83. The Morgan fingerprint density at radius 3 is 2.18 bits per heavy atom. The molecule has 3 aliphatic rings. The van der Waals surface area contributed by atoms with Crippen molar-refractivity contribution >= 4 is 35.8 Å². The lowest BCUT2D eigenvalue weighted by Gasteiger charge is -2.32. The average molecular weight is 513 g/mol. The lowest BCUT2D eigenvalue weighted by Crippen LogP contribution is -2.41. The molecular weight excluding hydrogens is 477 g/mol. The van der Waals surface area contributed by atoms with Crippen molar-refractivity contribution in [3.8, 4) is 11.4 Å². The van der Waals surface area contributed by atoms with Crippen molar-refractivity contribution in [3.05, 3.63) is 48.5 Å². The molecule has 2 aliphatic heterocycles. The number of nitrogens with zero attached hydrogens (tertiary/aromatic N) is 4. The third kappa shape index (κ3) is 4.41. The highest BCUT2D eigenvalue weighted by molar-refractivity contribution is 6.62. The number of hydrogen-bond acceptors (Lipinski definition) is 6. The summed E-state index contributed by atoms with van der Waals surface area (Å²) in [6.45, 7) is 9.06. The van der Waals surface area contributed by atoms with Crippen molar-refractivity contribution in [2.45, 2.75) is 71.0 Å². The molecule has 1 aliphatic carbocycles. The minimum Gasteiger partial charge on any atom is -0.399 e. The maximum atomic E-state index is 12.7. The predicted molar refractivity (Wildman–Crippen MR) is 150 cm³/mol. The molecule has 3 fully saturated rings. The number of rotatable bonds is 5. The van der Waals surface area contributed by atoms with Gasteiger partial charge in [0.2, 0.25) is 11.9 Å². The average Bonchev–Trinajstić information content (AvgIpc) is 3.62. The Hall–Kier alpha value is -3.17. The van der Waals surface area contributed by atoms with Gasteiger partial charge < -0.3 is 19.5 Å². The van der Waals surface area contributed by atoms with Gasteiger partial charge >= 0.3 is 7.12 Å². The van der Waals surface area contributed by atoms with Gasteiger partial charge in [0.15, 0.2) is 5.82 Å². The normalized spacial score (nSPS) is 21.6. The number of aromatic nitrogens is 3. The van der Waals surface area contributed by atoms with Crippen LogP contribution in [-0.2, 0) is 21.2 Å². The second-order valence-corrected chi connectivity index (χ2v) is 12.1. The first-order valence-electron chi connectivity index (χ1n) is 13.6. The summed E-state index contributed by atoms with van der Waals surface area (Å²) in [4.78, 5) is 19.4. The molecule has 1 aromatic heterocycles. The van der Waals surface area contributed by atoms with Crippen LogP contribution in [0, 0.1) is 5.41 Å². The largest absolute Gasteiger partial charge is 0.494 e. The predicted octanol–water partition coefficient (Wildman–Crippen LogP) is 4.82. The maximum absolute atomic E-state index is 12.7. The van der Waals surface area contributed by atoms with Crippen LogP contribution < -0.4 is 15.7 Å². The van der Waals surface area contributed by atoms with Crippen LogP contribution in [-0.4, -0.2) is 45.5 Å². The van der Waals surface area contributed by atoms with E-state index in [0.29, 0.717) is 18.2 Å². The molecule has 38 heavy (non-hydrogen) atoms. The third-order valence-corrected chi connectivity index (χ3v) is 8.88. The van der Waals surface area contributed by atoms with Gasteiger partial charge in [0.25, 0.3) is 0 Å². The van der Waals surface area contributed by atoms with Gasteiger partial charge in [0.1, 0.15) is 0 Å². The van der Waals surface area contributed by atoms with Gasteiger partial charge in [-0.15, -0.1) is 5.10 Å². The molecule has 9 heteroatoms. The summed E-state index contributed by atoms with van der Waals surface area (Å²) in [7, 11) is 1.48. The molecule has 1 saturated carbocycles. The fourth-order valence-electron chi connectivity index (χ4n) is 5.83. The number of carbonyl (C=O) groups excluding carboxylic acids is 1. The topological polar surface area (TPSA) is 81.5 Å². The van der Waals surface area contributed by atoms with Gasteiger partial charge in [0, 0.05) is 37.0 Å². The highest BCUT2D eigenvalue weighted by Gasteiger charge is 2.51. The summed E-state index contributed by atoms with van der Waals surface area (Å²) < 4.78 is 14.1. The molecule has 198 valence electrons. The molecule has 1 N–H and O–H groups in total. The number of carbonyl (C=O) groups is 1. The van der Waals surface area contributed by atoms with Crippen LogP contribution >= 0.6 is 0 Å². The highest BCUT2D eigenvalue weighted by Crippen LogP contribution is 2.47. The van der Waals surface area contributed by atoms with Crippen LogP contribution in [0.1, 0.15) is 59.8 Å². The van der Waals surface area contributed by atoms with Crippen molar-refractivity contribution < 1.29 is 14.1 Å². The summed E-state index contributed by atoms with van der Waals surface area (Å²) in [5.74, 6) is 1.52. The van der Waals surface area contributed by atoms with Crippen molar-refractivity contribution in [1.29, 1.82) is 0 Å². The van der Waals surface area contributed by atoms with Gasteiger partial charge in [-0.25, -0.2) is 4.68 Å². The molecule has 3 aromatic rings. The molecule has 1 spiro atoms. The van der Waals surface area contributed by atoms with Crippen LogP contribution in [0.5, 0.6) is 0 Å². The number of aryl methyl sites for hydroxylation is 1. The Balaban J connectivity index is 1.13. The lowest BCUT2D eigenvalue weighted by molar-refractivity contribution is -0.117. The molecular formula is C29H36BN5O3. The number of benzene rings is 2. The third-order valence-electron chi connectivity index (χ3n) is 8.88. The summed E-state index contributed by atoms with van der Waals surface area (Å²) in [5, 5.41) is 7.97. The fraction of sp³-hybridized carbons (Fsp3) is 0.483. The van der Waals surface area contributed by atoms with E-state index >= 15 is 0 Å². The summed E-state index contributed by atoms with van der Waals surface area (Å²) >= 11 is 0. The Morgan fingerprint density at radius 2 is 1.55 bits per heavy atom. The first kappa shape index (κ1) is 25.1. The van der Waals surface area contributed by atoms with E-state index in [4.69, 9.17) is 14.3 Å². The van der Waals surface area contributed by atoms with Gasteiger partial charge in [-0.2, -0.15) is 4.98 Å². The van der Waals surface area contributed by atoms with Crippen molar-refractivity contribution in [2.75, 3.05) is 16.8 Å². The van der Waals surface area contributed by atoms with Gasteiger partial charge in [0.05, 0.1) is 11.2 Å². The standard InChI is InChI=1S/C29H36BN5O3/c1-27(2)28(3,4)38-30(37-27)21-10-12-22(13-11-21)31-26-32-25(33-34(26)5)20-8-14-23(15-9-20)35-19-29(18-24(35)36)16-6-7-17-29/h8-15H,6-7,16-19H2,1-5H3,(H,31,32,33). The first-order chi connectivity index (χ1) is 18.0. The zero-order valence-corrected chi connectivity index (χ0v) is 23.0. The molecule has 0 bridgehead atoms. The number of anilines is 3. The monoisotopic (exact) mass is 513 g/mol. The molecule has 1 amide bonds. The van der Waals surface area contributed by atoms with Crippen molar-refractivity contribution in [2.24, 2.45) is 12.5 Å². The van der Waals surface area contributed by atoms with E-state index in [9.17, 15) is 4.79 Å². The smallest absolute Gasteiger partial charge is 0.399 e. The van der Waals surface area contributed by atoms with Crippen LogP contribution in [0.3, 0.4) is 0 Å². The molecule has 0 radical (unpaired) electrons. The van der Waals surface area contributed by atoms with E-state index in [2.05, 4.69) is 38.1 Å². The Bertz CT molecular complexity index is 1330. The Morgan fingerprint density at radius 1 is 0.921 bits per heavy atom. The zero-order chi connectivity index (χ0) is 26.7. The van der Waals surface area contributed by atoms with Crippen LogP contribution in [0.4, 0.5) is 17.3 Å². The van der Waals surface area contributed by atoms with E-state index in [0.717, 1.165) is 28.9 Å². The lowest BCUT2D eigenvalue weighted by atomic mass is 9.79. The second-order valence-electron chi connectivity index (χ2n) is 12.1. The van der Waals surface area contributed by atoms with E-state index in [1.807, 2.05) is 60.5 Å². The SMILES string of the molecule is Cn1nc(-c2ccc(N3CC4(CCCC4)CC3=O)cc2)nc1Nc1ccc(B2OC(C)(C)C(C)(C)O2)cc1. The number of nitrogens with one attached hydrogen (secondary N) is 1. The van der Waals surface area contributed by atoms with Crippen LogP contribution in [0.2, 0.25) is 0 Å². The van der Waals surface area contributed by atoms with Gasteiger partial charge in [-0.3, -0.25) is 4.79 Å². The Kier molecular flexibility index (Phi) is 5.92. The molecule has 0 atom stereocenters. The van der Waals surface area contributed by atoms with Gasteiger partial charge in [-0.1, -0.05) is 25.0 Å². The highest BCUT2D eigenvalue weighted by atomic mass is 16.7. The summed E-state index contributed by atoms with van der Waals surface area (Å²) in [6, 6.07) is 16.0. The second kappa shape index (κ2) is 8.95. The summed E-state index contributed by atoms with van der Waals surface area (Å²) in [5.41, 5.74) is 3.20. The molecule has 6 rings (SSSR count). The Labute approximate surface area is 224 Å². The van der Waals surface area contributed by atoms with Crippen LogP contribution in [0.15, 0.2) is 48.5 Å². The molecule has 2 saturated heterocycles. The van der Waals surface area contributed by atoms with E-state index < -0.39 is 7.12 Å². The van der Waals surface area contributed by atoms with Gasteiger partial charge in [-0.05, 0) is 87.8 Å². The van der Waals surface area contributed by atoms with E-state index in [1.54, 1.807) is 4.68 Å². The molecule has 3 heterocycles.